The fourth-order valence-electron chi connectivity index (χ4n) is 10.0. The number of nitrogens with one attached hydrogen (secondary N) is 7. The van der Waals surface area contributed by atoms with E-state index in [1.54, 1.807) is 55.1 Å². The number of methoxy groups -OCH3 is 4. The number of aliphatic carboxylic acids is 2. The number of aromatic nitrogens is 9. The summed E-state index contributed by atoms with van der Waals surface area (Å²) >= 11 is 0. The minimum atomic E-state index is -0.955. The van der Waals surface area contributed by atoms with Gasteiger partial charge in [-0.15, -0.1) is 0 Å². The second kappa shape index (κ2) is 46.7. The van der Waals surface area contributed by atoms with Gasteiger partial charge in [0.05, 0.1) is 129 Å². The molecule has 30 nitrogen and oxygen atoms in total. The van der Waals surface area contributed by atoms with Crippen LogP contribution in [0, 0.1) is 21.3 Å². The molecule has 9 aromatic rings. The van der Waals surface area contributed by atoms with Crippen molar-refractivity contribution in [2.75, 3.05) is 83.8 Å². The smallest absolute Gasteiger partial charge is 0.355 e. The van der Waals surface area contributed by atoms with Crippen molar-refractivity contribution in [3.8, 4) is 22.8 Å². The van der Waals surface area contributed by atoms with Crippen LogP contribution in [0.15, 0.2) is 145 Å². The molecule has 0 saturated carbocycles. The first-order chi connectivity index (χ1) is 49.6. The maximum atomic E-state index is 12.4. The number of aromatic carboxylic acids is 2. The third-order valence-corrected chi connectivity index (χ3v) is 15.1. The number of ether oxygens (including phenoxy) is 4. The van der Waals surface area contributed by atoms with Gasteiger partial charge in [-0.05, 0) is 164 Å². The van der Waals surface area contributed by atoms with E-state index in [0.717, 1.165) is 136 Å². The van der Waals surface area contributed by atoms with E-state index in [2.05, 4.69) is 98.8 Å². The van der Waals surface area contributed by atoms with Crippen LogP contribution in [0.1, 0.15) is 138 Å². The summed E-state index contributed by atoms with van der Waals surface area (Å²) in [6.45, 7) is 8.08. The molecule has 0 aromatic carbocycles. The van der Waals surface area contributed by atoms with Crippen molar-refractivity contribution in [1.29, 1.82) is 0 Å². The van der Waals surface area contributed by atoms with Crippen LogP contribution in [0.2, 0.25) is 0 Å². The number of carboxylic acids is 4. The van der Waals surface area contributed by atoms with Crippen LogP contribution in [-0.2, 0) is 77.8 Å². The van der Waals surface area contributed by atoms with Gasteiger partial charge in [0, 0.05) is 109 Å². The van der Waals surface area contributed by atoms with Gasteiger partial charge < -0.3 is 90.7 Å². The minimum Gasteiger partial charge on any atom is -0.481 e. The molecule has 1 atom stereocenters. The van der Waals surface area contributed by atoms with E-state index in [0.29, 0.717) is 23.4 Å². The van der Waals surface area contributed by atoms with Crippen LogP contribution < -0.4 is 0 Å². The number of quaternary nitrogens is 2. The topological polar surface area (TPSA) is 421 Å². The molecule has 1 aliphatic rings. The molecule has 0 bridgehead atoms. The number of aliphatic imine (C=N–C) groups is 1. The fourth-order valence-corrected chi connectivity index (χ4v) is 10.0. The molecule has 108 heavy (non-hydrogen) atoms. The Bertz CT molecular complexity index is 4400. The van der Waals surface area contributed by atoms with E-state index in [1.807, 2.05) is 74.8 Å². The Balaban J connectivity index is 0.000000668. The average molecular weight is 1610 g/mol. The van der Waals surface area contributed by atoms with Gasteiger partial charge >= 0.3 is 41.8 Å². The van der Waals surface area contributed by atoms with E-state index in [4.69, 9.17) is 39.4 Å². The fraction of sp³-hybridized carbons (Fsp3) is 0.316. The van der Waals surface area contributed by atoms with Gasteiger partial charge in [-0.3, -0.25) is 33.1 Å². The van der Waals surface area contributed by atoms with Crippen LogP contribution in [0.25, 0.3) is 28.9 Å². The van der Waals surface area contributed by atoms with Gasteiger partial charge in [-0.2, -0.15) is 9.90 Å². The zero-order valence-corrected chi connectivity index (χ0v) is 66.6. The molecule has 0 amide bonds. The summed E-state index contributed by atoms with van der Waals surface area (Å²) in [6, 6.07) is 23.4. The van der Waals surface area contributed by atoms with Crippen molar-refractivity contribution >= 4 is 81.8 Å². The van der Waals surface area contributed by atoms with E-state index in [9.17, 15) is 43.5 Å². The number of aldehydes is 1. The van der Waals surface area contributed by atoms with Crippen LogP contribution in [0.5, 0.6) is 0 Å². The summed E-state index contributed by atoms with van der Waals surface area (Å²) in [7, 11) is 18.3. The summed E-state index contributed by atoms with van der Waals surface area (Å²) in [5.41, 5.74) is 14.2. The van der Waals surface area contributed by atoms with Crippen molar-refractivity contribution in [1.82, 2.24) is 44.0 Å². The molecule has 9 aromatic heterocycles. The summed E-state index contributed by atoms with van der Waals surface area (Å²) in [6.07, 6.45) is 21.9. The van der Waals surface area contributed by atoms with Gasteiger partial charge in [0.2, 0.25) is 0 Å². The molecule has 0 saturated heterocycles. The van der Waals surface area contributed by atoms with E-state index >= 15 is 0 Å². The summed E-state index contributed by atoms with van der Waals surface area (Å²) < 4.78 is 23.1. The van der Waals surface area contributed by atoms with Gasteiger partial charge in [0.1, 0.15) is 22.8 Å². The largest absolute Gasteiger partial charge is 0.481 e. The van der Waals surface area contributed by atoms with Crippen molar-refractivity contribution in [2.24, 2.45) is 4.99 Å². The Hall–Kier alpha value is -11.2. The molecule has 32 heteroatoms. The Morgan fingerprint density at radius 3 is 1.47 bits per heavy atom. The number of allylic oxidation sites excluding steroid dienone is 2. The van der Waals surface area contributed by atoms with Crippen LogP contribution in [0.4, 0.5) is 4.79 Å². The molecule has 0 fully saturated rings. The zero-order valence-electron chi connectivity index (χ0n) is 63.6. The number of carbonyl (C=O) groups excluding carboxylic acids is 6. The zero-order chi connectivity index (χ0) is 78.1. The van der Waals surface area contributed by atoms with E-state index in [1.165, 1.54) is 49.3 Å². The Kier molecular flexibility index (Phi) is 41.0. The SMILES string of the molecule is CC(=O)O.CC(=O)O.COC(=O)CCc1cc(-c2ccc[nH]2)[nH]c1C(=O)OC.COC(=O)CCc1ccn(C(=O)n2cccc2)c1C(=O)OC.C[N+](C)(C)CCCc1cc(-c2ccc[nH]2)[nH]c1C=O.Cc1c[nH]c(C(=O)O)c1.Cc1cc(C(=O)O)[nH]c1C=C1N=C(c2ccc[nH]2)C=C1CCC[N+](C)(C)C.P.[CH3-].[Pd]. The third-order valence-electron chi connectivity index (χ3n) is 15.1. The molecular formula is C76H102N12O18PPd+. The Labute approximate surface area is 644 Å². The number of nitrogens with zero attached hydrogens (tertiary/aromatic N) is 5. The van der Waals surface area contributed by atoms with Gasteiger partial charge in [0.25, 0.3) is 11.9 Å². The molecular weight excluding hydrogens is 1510 g/mol. The van der Waals surface area contributed by atoms with Gasteiger partial charge in [0.15, 0.2) is 6.29 Å². The second-order valence-corrected chi connectivity index (χ2v) is 25.6. The average Bonchev–Trinajstić information content (AvgIpc) is 1.91. The molecule has 588 valence electrons. The van der Waals surface area contributed by atoms with Gasteiger partial charge in [-0.25, -0.2) is 29.0 Å². The van der Waals surface area contributed by atoms with E-state index in [-0.39, 0.29) is 86.0 Å². The number of hydrogen-bond acceptors (Lipinski definition) is 15. The minimum absolute atomic E-state index is 0. The first-order valence-electron chi connectivity index (χ1n) is 32.9. The monoisotopic (exact) mass is 1610 g/mol. The molecule has 0 aliphatic carbocycles. The molecule has 10 rings (SSSR count). The number of aromatic amines is 7. The number of H-pyrrole nitrogens is 7. The Morgan fingerprint density at radius 1 is 0.546 bits per heavy atom. The van der Waals surface area contributed by atoms with Crippen molar-refractivity contribution < 1.29 is 117 Å². The van der Waals surface area contributed by atoms with Crippen LogP contribution in [-0.4, -0.2) is 223 Å². The molecule has 11 N–H and O–H groups in total. The standard InChI is InChI=1S/C21H26N4O2.C15H21N3O.C15H16N2O5.C14H16N2O4.C6H7NO2.2C2H4O2.CH3.H3P.Pd/c1-14-11-20(21(26)27)23-17(14)13-18-15(7-6-10-25(2,3)4)12-19(24-18)16-8-5-9-22-16;1-18(2,3)9-5-6-12-10-14(17-15(12)11-19)13-7-4-8-16-13;1-21-12(18)6-5-11-7-10-17(13(11)14(19)22-2)15(20)16-8-3-4-9-16;1-19-12(17)6-5-9-8-11(10-4-3-7-15-10)16-13(9)14(18)20-2;1-4-2-5(6(8)9)7-3-4;2*1-2(3)4;;;/h5,8-9,11-13H,6-7,10H2,1-4H3,(H2-,22,23,24,26,27);4,7-8,10-11H,5-6,9H2,1-3H3,(H-,16,17,19);3-4,7-10H,5-6H2,1-2H3;3-4,7-8,15-16H,5-6H2,1-2H3;2-3,7H,1H3,(H,8,9);2*1H3,(H,3,4);2*1H3;/q;;;;;;;-1;;/p+2. The Morgan fingerprint density at radius 2 is 1.04 bits per heavy atom. The normalized spacial score (nSPS) is 11.3. The van der Waals surface area contributed by atoms with Crippen molar-refractivity contribution in [3.63, 3.8) is 0 Å². The number of aryl methyl sites for hydroxylation is 5. The quantitative estimate of drug-likeness (QED) is 0.00539. The van der Waals surface area contributed by atoms with Crippen LogP contribution in [0.3, 0.4) is 0 Å². The maximum Gasteiger partial charge on any atom is 0.355 e. The number of hydrogen-bond donors (Lipinski definition) is 11. The van der Waals surface area contributed by atoms with Gasteiger partial charge in [-0.1, -0.05) is 0 Å². The third kappa shape index (κ3) is 32.2. The molecule has 0 radical (unpaired) electrons. The summed E-state index contributed by atoms with van der Waals surface area (Å²) in [5, 5.41) is 32.4. The van der Waals surface area contributed by atoms with Crippen molar-refractivity contribution in [3.05, 3.63) is 215 Å². The molecule has 1 aliphatic heterocycles. The first-order valence-corrected chi connectivity index (χ1v) is 32.9. The second-order valence-electron chi connectivity index (χ2n) is 25.6. The predicted octanol–water partition coefficient (Wildman–Crippen LogP) is 11.4. The molecule has 0 spiro atoms. The maximum absolute atomic E-state index is 12.4. The van der Waals surface area contributed by atoms with Crippen LogP contribution >= 0.6 is 9.90 Å². The first kappa shape index (κ1) is 94.8. The molecule has 1 unspecified atom stereocenters. The van der Waals surface area contributed by atoms with Crippen molar-refractivity contribution in [2.45, 2.75) is 79.1 Å². The van der Waals surface area contributed by atoms with E-state index < -0.39 is 41.8 Å². The number of rotatable bonds is 23. The number of carboxylic acid groups (broad SMARTS) is 4. The summed E-state index contributed by atoms with van der Waals surface area (Å²) in [4.78, 5) is 135. The number of carbonyl (C=O) groups is 10. The predicted molar refractivity (Wildman–Crippen MR) is 411 cm³/mol. The number of esters is 4. The molecule has 10 heterocycles. The summed E-state index contributed by atoms with van der Waals surface area (Å²) in [5.74, 6) is -5.33.